The summed E-state index contributed by atoms with van der Waals surface area (Å²) in [6.07, 6.45) is 0. The first kappa shape index (κ1) is 17.1. The van der Waals surface area contributed by atoms with Gasteiger partial charge in [-0.2, -0.15) is 0 Å². The first-order chi connectivity index (χ1) is 12.5. The number of rotatable bonds is 3. The Bertz CT molecular complexity index is 1000. The smallest absolute Gasteiger partial charge is 0.288 e. The molecule has 3 rings (SSSR count). The second-order valence-electron chi connectivity index (χ2n) is 5.56. The van der Waals surface area contributed by atoms with Crippen molar-refractivity contribution in [3.8, 4) is 0 Å². The van der Waals surface area contributed by atoms with Crippen molar-refractivity contribution < 1.29 is 14.4 Å². The van der Waals surface area contributed by atoms with Crippen molar-refractivity contribution in [3.63, 3.8) is 0 Å². The summed E-state index contributed by atoms with van der Waals surface area (Å²) in [7, 11) is 0. The molecular weight excluding hydrogens is 332 g/mol. The molecule has 0 saturated heterocycles. The number of carbonyl (C=O) groups excluding carboxylic acids is 3. The Morgan fingerprint density at radius 1 is 0.846 bits per heavy atom. The minimum Gasteiger partial charge on any atom is -0.326 e. The lowest BCUT2D eigenvalue weighted by atomic mass is 10.2. The summed E-state index contributed by atoms with van der Waals surface area (Å²) in [6.45, 7) is 1.38. The first-order valence-corrected chi connectivity index (χ1v) is 7.87. The number of carbonyl (C=O) groups is 3. The number of fused-ring (bicyclic) bond motifs is 1. The van der Waals surface area contributed by atoms with Crippen molar-refractivity contribution >= 4 is 34.3 Å². The van der Waals surface area contributed by atoms with Crippen molar-refractivity contribution in [1.29, 1.82) is 0 Å². The molecule has 3 N–H and O–H groups in total. The van der Waals surface area contributed by atoms with Crippen LogP contribution in [0.3, 0.4) is 0 Å². The van der Waals surface area contributed by atoms with Crippen LogP contribution < -0.4 is 16.2 Å². The summed E-state index contributed by atoms with van der Waals surface area (Å²) in [4.78, 5) is 39.7. The second-order valence-corrected chi connectivity index (χ2v) is 5.56. The van der Waals surface area contributed by atoms with E-state index in [1.165, 1.54) is 13.0 Å². The zero-order valence-electron chi connectivity index (χ0n) is 13.9. The second kappa shape index (κ2) is 7.43. The van der Waals surface area contributed by atoms with Gasteiger partial charge in [0, 0.05) is 23.6 Å². The molecule has 0 unspecified atom stereocenters. The van der Waals surface area contributed by atoms with Crippen LogP contribution in [0.25, 0.3) is 10.9 Å². The van der Waals surface area contributed by atoms with Crippen molar-refractivity contribution in [1.82, 2.24) is 15.8 Å². The number of hydrazine groups is 1. The van der Waals surface area contributed by atoms with Crippen LogP contribution in [0.4, 0.5) is 5.69 Å². The van der Waals surface area contributed by atoms with E-state index >= 15 is 0 Å². The number of hydrogen-bond donors (Lipinski definition) is 3. The number of nitrogens with zero attached hydrogens (tertiary/aromatic N) is 1. The number of benzene rings is 2. The van der Waals surface area contributed by atoms with Gasteiger partial charge in [-0.3, -0.25) is 25.2 Å². The summed E-state index contributed by atoms with van der Waals surface area (Å²) >= 11 is 0. The molecule has 3 amide bonds. The van der Waals surface area contributed by atoms with Gasteiger partial charge in [0.15, 0.2) is 0 Å². The van der Waals surface area contributed by atoms with E-state index in [-0.39, 0.29) is 11.6 Å². The third-order valence-corrected chi connectivity index (χ3v) is 3.57. The van der Waals surface area contributed by atoms with Gasteiger partial charge in [-0.25, -0.2) is 4.98 Å². The van der Waals surface area contributed by atoms with Crippen molar-refractivity contribution in [3.05, 3.63) is 71.9 Å². The Labute approximate surface area is 149 Å². The van der Waals surface area contributed by atoms with Gasteiger partial charge < -0.3 is 5.32 Å². The average Bonchev–Trinajstić information content (AvgIpc) is 2.65. The minimum absolute atomic E-state index is 0.191. The number of nitrogens with one attached hydrogen (secondary N) is 3. The zero-order chi connectivity index (χ0) is 18.5. The molecule has 0 atom stereocenters. The number of hydrogen-bond acceptors (Lipinski definition) is 4. The SMILES string of the molecule is CC(=O)Nc1cccc(C(=O)NNC(=O)c2ccc3ccccc3n2)c1. The molecule has 0 fully saturated rings. The van der Waals surface area contributed by atoms with E-state index in [4.69, 9.17) is 0 Å². The summed E-state index contributed by atoms with van der Waals surface area (Å²) in [5, 5.41) is 3.51. The molecule has 0 aliphatic heterocycles. The van der Waals surface area contributed by atoms with Crippen LogP contribution in [-0.2, 0) is 4.79 Å². The molecule has 0 aliphatic carbocycles. The predicted octanol–water partition coefficient (Wildman–Crippen LogP) is 2.27. The molecule has 1 aromatic heterocycles. The van der Waals surface area contributed by atoms with Crippen LogP contribution in [-0.4, -0.2) is 22.7 Å². The van der Waals surface area contributed by atoms with Gasteiger partial charge >= 0.3 is 0 Å². The van der Waals surface area contributed by atoms with E-state index in [2.05, 4.69) is 21.2 Å². The molecule has 0 aliphatic rings. The van der Waals surface area contributed by atoms with Gasteiger partial charge in [0.2, 0.25) is 5.91 Å². The van der Waals surface area contributed by atoms with E-state index in [1.807, 2.05) is 18.2 Å². The molecule has 0 spiro atoms. The molecule has 26 heavy (non-hydrogen) atoms. The van der Waals surface area contributed by atoms with Gasteiger partial charge in [0.1, 0.15) is 5.69 Å². The van der Waals surface area contributed by atoms with Crippen LogP contribution in [0.15, 0.2) is 60.7 Å². The molecule has 2 aromatic carbocycles. The molecule has 3 aromatic rings. The number of para-hydroxylation sites is 1. The summed E-state index contributed by atoms with van der Waals surface area (Å²) < 4.78 is 0. The van der Waals surface area contributed by atoms with Crippen molar-refractivity contribution in [2.45, 2.75) is 6.92 Å². The Hall–Kier alpha value is -3.74. The molecule has 7 nitrogen and oxygen atoms in total. The van der Waals surface area contributed by atoms with E-state index in [0.29, 0.717) is 16.8 Å². The maximum absolute atomic E-state index is 12.2. The summed E-state index contributed by atoms with van der Waals surface area (Å²) in [5.41, 5.74) is 6.34. The summed E-state index contributed by atoms with van der Waals surface area (Å²) in [5.74, 6) is -1.27. The Morgan fingerprint density at radius 3 is 2.42 bits per heavy atom. The highest BCUT2D eigenvalue weighted by Crippen LogP contribution is 2.12. The maximum Gasteiger partial charge on any atom is 0.288 e. The van der Waals surface area contributed by atoms with E-state index < -0.39 is 11.8 Å². The van der Waals surface area contributed by atoms with Crippen LogP contribution >= 0.6 is 0 Å². The fourth-order valence-electron chi connectivity index (χ4n) is 2.38. The Morgan fingerprint density at radius 2 is 1.62 bits per heavy atom. The normalized spacial score (nSPS) is 10.2. The van der Waals surface area contributed by atoms with Crippen LogP contribution in [0.5, 0.6) is 0 Å². The van der Waals surface area contributed by atoms with Gasteiger partial charge in [-0.05, 0) is 30.3 Å². The van der Waals surface area contributed by atoms with Gasteiger partial charge in [-0.15, -0.1) is 0 Å². The number of amides is 3. The van der Waals surface area contributed by atoms with Crippen LogP contribution in [0.2, 0.25) is 0 Å². The maximum atomic E-state index is 12.2. The highest BCUT2D eigenvalue weighted by Gasteiger charge is 2.11. The minimum atomic E-state index is -0.526. The molecule has 0 radical (unpaired) electrons. The highest BCUT2D eigenvalue weighted by atomic mass is 16.2. The number of pyridine rings is 1. The zero-order valence-corrected chi connectivity index (χ0v) is 13.9. The standard InChI is InChI=1S/C19H16N4O3/c1-12(24)20-15-7-4-6-14(11-15)18(25)22-23-19(26)17-10-9-13-5-2-3-8-16(13)21-17/h2-11H,1H3,(H,20,24)(H,22,25)(H,23,26). The highest BCUT2D eigenvalue weighted by molar-refractivity contribution is 6.00. The third-order valence-electron chi connectivity index (χ3n) is 3.57. The Balaban J connectivity index is 1.66. The predicted molar refractivity (Wildman–Crippen MR) is 97.4 cm³/mol. The van der Waals surface area contributed by atoms with Crippen molar-refractivity contribution in [2.75, 3.05) is 5.32 Å². The monoisotopic (exact) mass is 348 g/mol. The fraction of sp³-hybridized carbons (Fsp3) is 0.0526. The largest absolute Gasteiger partial charge is 0.326 e. The van der Waals surface area contributed by atoms with E-state index in [1.54, 1.807) is 36.4 Å². The third kappa shape index (κ3) is 4.02. The lowest BCUT2D eigenvalue weighted by Gasteiger charge is -2.09. The van der Waals surface area contributed by atoms with Crippen molar-refractivity contribution in [2.24, 2.45) is 0 Å². The Kier molecular flexibility index (Phi) is 4.89. The van der Waals surface area contributed by atoms with E-state index in [9.17, 15) is 14.4 Å². The molecule has 0 saturated carbocycles. The molecule has 130 valence electrons. The molecule has 0 bridgehead atoms. The number of anilines is 1. The quantitative estimate of drug-likeness (QED) is 0.632. The molecule has 7 heteroatoms. The van der Waals surface area contributed by atoms with Crippen LogP contribution in [0.1, 0.15) is 27.8 Å². The van der Waals surface area contributed by atoms with Crippen LogP contribution in [0, 0.1) is 0 Å². The molecular formula is C19H16N4O3. The van der Waals surface area contributed by atoms with Gasteiger partial charge in [0.25, 0.3) is 11.8 Å². The topological polar surface area (TPSA) is 100 Å². The lowest BCUT2D eigenvalue weighted by Crippen LogP contribution is -2.41. The number of aromatic nitrogens is 1. The average molecular weight is 348 g/mol. The first-order valence-electron chi connectivity index (χ1n) is 7.87. The van der Waals surface area contributed by atoms with Gasteiger partial charge in [-0.1, -0.05) is 30.3 Å². The van der Waals surface area contributed by atoms with E-state index in [0.717, 1.165) is 5.39 Å². The molecule has 1 heterocycles. The lowest BCUT2D eigenvalue weighted by molar-refractivity contribution is -0.114. The summed E-state index contributed by atoms with van der Waals surface area (Å²) in [6, 6.07) is 17.2. The fourth-order valence-corrected chi connectivity index (χ4v) is 2.38. The van der Waals surface area contributed by atoms with Gasteiger partial charge in [0.05, 0.1) is 5.52 Å².